The highest BCUT2D eigenvalue weighted by Gasteiger charge is 2.31. The number of alkyl halides is 4. The Morgan fingerprint density at radius 1 is 1.50 bits per heavy atom. The lowest BCUT2D eigenvalue weighted by Gasteiger charge is -2.11. The minimum Gasteiger partial charge on any atom is -0.369 e. The van der Waals surface area contributed by atoms with Crippen molar-refractivity contribution in [2.24, 2.45) is 5.73 Å². The van der Waals surface area contributed by atoms with Gasteiger partial charge in [-0.1, -0.05) is 22.0 Å². The highest BCUT2D eigenvalue weighted by atomic mass is 79.9. The molecule has 0 saturated carbocycles. The molecule has 0 aliphatic heterocycles. The molecule has 1 aromatic carbocycles. The van der Waals surface area contributed by atoms with Gasteiger partial charge in [-0.2, -0.15) is 18.4 Å². The largest absolute Gasteiger partial charge is 0.416 e. The maximum atomic E-state index is 12.4. The fraction of sp³-hybridized carbons (Fsp3) is 0.273. The Balaban J connectivity index is 3.10. The number of nitrogens with zero attached hydrogens (tertiary/aromatic N) is 1. The Kier molecular flexibility index (Phi) is 4.35. The first-order valence-electron chi connectivity index (χ1n) is 4.79. The second kappa shape index (κ2) is 5.40. The van der Waals surface area contributed by atoms with Crippen molar-refractivity contribution in [2.45, 2.75) is 17.4 Å². The topological polar surface area (TPSA) is 66.9 Å². The highest BCUT2D eigenvalue weighted by Crippen LogP contribution is 2.30. The van der Waals surface area contributed by atoms with Crippen LogP contribution in [0.2, 0.25) is 0 Å². The van der Waals surface area contributed by atoms with Gasteiger partial charge in [0.15, 0.2) is 0 Å². The van der Waals surface area contributed by atoms with Gasteiger partial charge in [0, 0.05) is 0 Å². The molecule has 1 atom stereocenters. The molecule has 1 rings (SSSR count). The molecule has 7 heteroatoms. The van der Waals surface area contributed by atoms with Crippen LogP contribution < -0.4 is 5.73 Å². The summed E-state index contributed by atoms with van der Waals surface area (Å²) < 4.78 is 37.3. The maximum Gasteiger partial charge on any atom is 0.416 e. The van der Waals surface area contributed by atoms with E-state index in [0.717, 1.165) is 12.1 Å². The van der Waals surface area contributed by atoms with Gasteiger partial charge in [-0.3, -0.25) is 4.79 Å². The summed E-state index contributed by atoms with van der Waals surface area (Å²) >= 11 is 2.99. The number of carbonyl (C=O) groups excluding carboxylic acids is 1. The van der Waals surface area contributed by atoms with E-state index >= 15 is 0 Å². The minimum absolute atomic E-state index is 0.0658. The Labute approximate surface area is 110 Å². The number of benzene rings is 1. The number of primary amides is 1. The number of nitrogens with two attached hydrogens (primary N) is 1. The lowest BCUT2D eigenvalue weighted by atomic mass is 10.0. The van der Waals surface area contributed by atoms with Gasteiger partial charge in [0.05, 0.1) is 22.0 Å². The second-order valence-corrected chi connectivity index (χ2v) is 4.66. The average molecular weight is 321 g/mol. The number of halogens is 4. The van der Waals surface area contributed by atoms with Gasteiger partial charge in [-0.25, -0.2) is 0 Å². The highest BCUT2D eigenvalue weighted by molar-refractivity contribution is 9.10. The summed E-state index contributed by atoms with van der Waals surface area (Å²) in [4.78, 5) is 10.1. The average Bonchev–Trinajstić information content (AvgIpc) is 2.27. The molecule has 18 heavy (non-hydrogen) atoms. The SMILES string of the molecule is N#Cc1cc(C(F)(F)F)ccc1CC(Br)C(N)=O. The molecule has 3 nitrogen and oxygen atoms in total. The lowest BCUT2D eigenvalue weighted by molar-refractivity contribution is -0.137. The predicted molar refractivity (Wildman–Crippen MR) is 61.8 cm³/mol. The van der Waals surface area contributed by atoms with Crippen LogP contribution in [-0.2, 0) is 17.4 Å². The molecular formula is C11H8BrF3N2O. The third kappa shape index (κ3) is 3.47. The molecule has 0 saturated heterocycles. The third-order valence-corrected chi connectivity index (χ3v) is 3.04. The van der Waals surface area contributed by atoms with Crippen LogP contribution in [0.5, 0.6) is 0 Å². The summed E-state index contributed by atoms with van der Waals surface area (Å²) in [6.07, 6.45) is -4.43. The standard InChI is InChI=1S/C11H8BrF3N2O/c12-9(10(17)18)4-6-1-2-8(11(13,14)15)3-7(6)5-16/h1-3,9H,4H2,(H2,17,18). The van der Waals surface area contributed by atoms with Crippen LogP contribution in [0.3, 0.4) is 0 Å². The molecule has 1 amide bonds. The summed E-state index contributed by atoms with van der Waals surface area (Å²) in [6.45, 7) is 0. The van der Waals surface area contributed by atoms with Crippen molar-refractivity contribution in [3.05, 3.63) is 34.9 Å². The normalized spacial score (nSPS) is 12.8. The molecule has 0 aliphatic carbocycles. The van der Waals surface area contributed by atoms with Gasteiger partial charge in [0.25, 0.3) is 0 Å². The number of nitriles is 1. The Morgan fingerprint density at radius 3 is 2.56 bits per heavy atom. The smallest absolute Gasteiger partial charge is 0.369 e. The van der Waals surface area contributed by atoms with E-state index in [1.807, 2.05) is 0 Å². The van der Waals surface area contributed by atoms with Crippen LogP contribution in [0, 0.1) is 11.3 Å². The van der Waals surface area contributed by atoms with E-state index in [0.29, 0.717) is 5.56 Å². The zero-order valence-electron chi connectivity index (χ0n) is 8.96. The molecule has 1 unspecified atom stereocenters. The van der Waals surface area contributed by atoms with E-state index in [-0.39, 0.29) is 12.0 Å². The van der Waals surface area contributed by atoms with Crippen LogP contribution in [0.4, 0.5) is 13.2 Å². The zero-order chi connectivity index (χ0) is 13.9. The quantitative estimate of drug-likeness (QED) is 0.869. The van der Waals surface area contributed by atoms with Crippen molar-refractivity contribution in [2.75, 3.05) is 0 Å². The van der Waals surface area contributed by atoms with Crippen LogP contribution in [0.15, 0.2) is 18.2 Å². The molecule has 0 bridgehead atoms. The molecule has 2 N–H and O–H groups in total. The van der Waals surface area contributed by atoms with E-state index in [1.165, 1.54) is 6.07 Å². The molecule has 0 radical (unpaired) electrons. The Bertz CT molecular complexity index is 508. The zero-order valence-corrected chi connectivity index (χ0v) is 10.5. The summed E-state index contributed by atoms with van der Waals surface area (Å²) in [6, 6.07) is 4.49. The lowest BCUT2D eigenvalue weighted by Crippen LogP contribution is -2.25. The molecule has 0 heterocycles. The summed E-state index contributed by atoms with van der Waals surface area (Å²) in [5.74, 6) is -0.640. The number of hydrogen-bond acceptors (Lipinski definition) is 2. The molecule has 0 fully saturated rings. The number of rotatable bonds is 3. The van der Waals surface area contributed by atoms with Crippen LogP contribution in [0.25, 0.3) is 0 Å². The van der Waals surface area contributed by atoms with Crippen molar-refractivity contribution in [1.29, 1.82) is 5.26 Å². The second-order valence-electron chi connectivity index (χ2n) is 3.56. The molecule has 0 aromatic heterocycles. The van der Waals surface area contributed by atoms with E-state index in [1.54, 1.807) is 6.07 Å². The first-order chi connectivity index (χ1) is 8.25. The Morgan fingerprint density at radius 2 is 2.11 bits per heavy atom. The number of carbonyl (C=O) groups is 1. The van der Waals surface area contributed by atoms with Gasteiger partial charge in [-0.15, -0.1) is 0 Å². The molecule has 0 aliphatic rings. The van der Waals surface area contributed by atoms with E-state index in [9.17, 15) is 18.0 Å². The summed E-state index contributed by atoms with van der Waals surface area (Å²) in [5.41, 5.74) is 4.35. The van der Waals surface area contributed by atoms with Crippen molar-refractivity contribution < 1.29 is 18.0 Å². The fourth-order valence-electron chi connectivity index (χ4n) is 1.33. The van der Waals surface area contributed by atoms with E-state index in [4.69, 9.17) is 11.0 Å². The van der Waals surface area contributed by atoms with Crippen molar-refractivity contribution in [3.63, 3.8) is 0 Å². The van der Waals surface area contributed by atoms with Gasteiger partial charge < -0.3 is 5.73 Å². The Hall–Kier alpha value is -1.55. The summed E-state index contributed by atoms with van der Waals surface area (Å²) in [5, 5.41) is 8.81. The molecule has 0 spiro atoms. The third-order valence-electron chi connectivity index (χ3n) is 2.27. The molecule has 1 aromatic rings. The molecule has 96 valence electrons. The van der Waals surface area contributed by atoms with E-state index in [2.05, 4.69) is 15.9 Å². The van der Waals surface area contributed by atoms with E-state index < -0.39 is 22.5 Å². The monoisotopic (exact) mass is 320 g/mol. The fourth-order valence-corrected chi connectivity index (χ4v) is 1.68. The maximum absolute atomic E-state index is 12.4. The first-order valence-corrected chi connectivity index (χ1v) is 5.71. The minimum atomic E-state index is -4.50. The van der Waals surface area contributed by atoms with Gasteiger partial charge in [0.2, 0.25) is 5.91 Å². The van der Waals surface area contributed by atoms with Crippen molar-refractivity contribution >= 4 is 21.8 Å². The van der Waals surface area contributed by atoms with Crippen molar-refractivity contribution in [3.8, 4) is 6.07 Å². The first kappa shape index (κ1) is 14.5. The van der Waals surface area contributed by atoms with Crippen LogP contribution >= 0.6 is 15.9 Å². The predicted octanol–water partition coefficient (Wildman–Crippen LogP) is 2.37. The van der Waals surface area contributed by atoms with Gasteiger partial charge in [-0.05, 0) is 24.1 Å². The van der Waals surface area contributed by atoms with Gasteiger partial charge in [0.1, 0.15) is 0 Å². The summed E-state index contributed by atoms with van der Waals surface area (Å²) in [7, 11) is 0. The van der Waals surface area contributed by atoms with Crippen LogP contribution in [-0.4, -0.2) is 10.7 Å². The van der Waals surface area contributed by atoms with Crippen LogP contribution in [0.1, 0.15) is 16.7 Å². The van der Waals surface area contributed by atoms with Crippen molar-refractivity contribution in [1.82, 2.24) is 0 Å². The number of hydrogen-bond donors (Lipinski definition) is 1. The molecular weight excluding hydrogens is 313 g/mol. The number of amides is 1. The van der Waals surface area contributed by atoms with Gasteiger partial charge >= 0.3 is 6.18 Å².